The Hall–Kier alpha value is -0.615. The summed E-state index contributed by atoms with van der Waals surface area (Å²) >= 11 is 0. The number of hydrogen-bond donors (Lipinski definition) is 2. The average molecular weight is 814 g/mol. The van der Waals surface area contributed by atoms with Gasteiger partial charge in [0.25, 0.3) is 0 Å². The van der Waals surface area contributed by atoms with E-state index in [2.05, 4.69) is 81.4 Å². The van der Waals surface area contributed by atoms with E-state index < -0.39 is 0 Å². The number of aliphatic hydroxyl groups excluding tert-OH is 2. The number of fused-ring (bicyclic) bond motifs is 10. The van der Waals surface area contributed by atoms with E-state index in [1.54, 1.807) is 18.8 Å². The second-order valence-corrected chi connectivity index (χ2v) is 24.8. The van der Waals surface area contributed by atoms with Gasteiger partial charge in [0.1, 0.15) is 0 Å². The predicted molar refractivity (Wildman–Crippen MR) is 244 cm³/mol. The molecule has 0 amide bonds. The summed E-state index contributed by atoms with van der Waals surface area (Å²) in [5.41, 5.74) is 4.79. The van der Waals surface area contributed by atoms with Crippen LogP contribution in [0.15, 0.2) is 23.3 Å². The zero-order valence-corrected chi connectivity index (χ0v) is 39.8. The van der Waals surface area contributed by atoms with Crippen LogP contribution < -0.4 is 0 Å². The number of aliphatic hydroxyl groups is 2. The van der Waals surface area contributed by atoms with Gasteiger partial charge in [-0.2, -0.15) is 0 Å². The number of allylic oxidation sites excluding steroid dienone is 2. The molecule has 1 radical (unpaired) electrons. The fourth-order valence-corrected chi connectivity index (χ4v) is 17.8. The van der Waals surface area contributed by atoms with Gasteiger partial charge in [0, 0.05) is 12.2 Å². The fraction of sp³-hybridized carbons (Fsp3) is 0.926. The molecule has 0 aromatic rings. The van der Waals surface area contributed by atoms with Gasteiger partial charge in [0.05, 0.1) is 12.2 Å². The van der Waals surface area contributed by atoms with Crippen LogP contribution in [-0.2, 0) is 9.31 Å². The molecule has 8 aliphatic carbocycles. The van der Waals surface area contributed by atoms with Crippen molar-refractivity contribution in [2.45, 2.75) is 222 Å². The lowest BCUT2D eigenvalue weighted by Crippen LogP contribution is -2.50. The Morgan fingerprint density at radius 3 is 1.34 bits per heavy atom. The van der Waals surface area contributed by atoms with Gasteiger partial charge in [-0.1, -0.05) is 92.5 Å². The molecule has 2 N–H and O–H groups in total. The van der Waals surface area contributed by atoms with Crippen molar-refractivity contribution in [2.24, 2.45) is 92.7 Å². The van der Waals surface area contributed by atoms with Crippen LogP contribution in [0.5, 0.6) is 0 Å². The van der Waals surface area contributed by atoms with Crippen LogP contribution in [0.4, 0.5) is 0 Å². The minimum absolute atomic E-state index is 0.115. The zero-order chi connectivity index (χ0) is 42.1. The van der Waals surface area contributed by atoms with Gasteiger partial charge in [-0.05, 0) is 221 Å². The lowest BCUT2D eigenvalue weighted by atomic mass is 9.47. The van der Waals surface area contributed by atoms with Gasteiger partial charge >= 0.3 is 7.69 Å². The average Bonchev–Trinajstić information content (AvgIpc) is 3.74. The van der Waals surface area contributed by atoms with Crippen LogP contribution in [0.25, 0.3) is 0 Å². The topological polar surface area (TPSA) is 58.9 Å². The highest BCUT2D eigenvalue weighted by molar-refractivity contribution is 6.18. The summed E-state index contributed by atoms with van der Waals surface area (Å²) in [5, 5.41) is 20.9. The van der Waals surface area contributed by atoms with Gasteiger partial charge in [0.2, 0.25) is 0 Å². The molecular weight excluding hydrogens is 723 g/mol. The van der Waals surface area contributed by atoms with E-state index in [1.165, 1.54) is 89.9 Å². The molecule has 4 nitrogen and oxygen atoms in total. The van der Waals surface area contributed by atoms with E-state index in [-0.39, 0.29) is 24.4 Å². The van der Waals surface area contributed by atoms with Crippen molar-refractivity contribution >= 4 is 7.69 Å². The lowest BCUT2D eigenvalue weighted by molar-refractivity contribution is -0.0582. The fourth-order valence-electron chi connectivity index (χ4n) is 17.8. The summed E-state index contributed by atoms with van der Waals surface area (Å²) in [6.07, 6.45) is 30.0. The van der Waals surface area contributed by atoms with Crippen LogP contribution in [0, 0.1) is 92.7 Å². The molecule has 0 aromatic carbocycles. The van der Waals surface area contributed by atoms with Gasteiger partial charge < -0.3 is 19.5 Å². The maximum Gasteiger partial charge on any atom is 0.488 e. The SMILES string of the molecule is CC(C)[C@H](CC[C@@H](C)C1CCC2C3CC=C4CC(O)CC[C@]4(C)C3CC[C@@]21C)O[B]O[C@H](CC[C@@H](C)C1CCC2C3CC=C4CC(O)CC[C@]4(C)C3CC[C@@]21C)C(C)C. The number of hydrogen-bond acceptors (Lipinski definition) is 4. The lowest BCUT2D eigenvalue weighted by Gasteiger charge is -2.58. The Morgan fingerprint density at radius 1 is 0.542 bits per heavy atom. The summed E-state index contributed by atoms with van der Waals surface area (Å²) in [5.74, 6) is 9.02. The van der Waals surface area contributed by atoms with E-state index in [9.17, 15) is 10.2 Å². The molecule has 0 aromatic heterocycles. The third-order valence-electron chi connectivity index (χ3n) is 21.4. The van der Waals surface area contributed by atoms with Crippen LogP contribution in [0.2, 0.25) is 0 Å². The highest BCUT2D eigenvalue weighted by atomic mass is 16.6. The third kappa shape index (κ3) is 8.10. The van der Waals surface area contributed by atoms with Crippen molar-refractivity contribution < 1.29 is 19.5 Å². The minimum atomic E-state index is -0.115. The first-order chi connectivity index (χ1) is 28.0. The van der Waals surface area contributed by atoms with Crippen molar-refractivity contribution in [1.82, 2.24) is 0 Å². The highest BCUT2D eigenvalue weighted by Crippen LogP contribution is 2.69. The van der Waals surface area contributed by atoms with Gasteiger partial charge in [-0.3, -0.25) is 0 Å². The summed E-state index contributed by atoms with van der Waals surface area (Å²) in [6.45, 7) is 25.0. The molecule has 18 atom stereocenters. The molecule has 10 unspecified atom stereocenters. The van der Waals surface area contributed by atoms with Crippen molar-refractivity contribution in [3.8, 4) is 0 Å². The first-order valence-corrected chi connectivity index (χ1v) is 25.9. The minimum Gasteiger partial charge on any atom is -0.410 e. The molecule has 8 aliphatic rings. The van der Waals surface area contributed by atoms with Crippen molar-refractivity contribution in [3.63, 3.8) is 0 Å². The molecular formula is C54H90BO4. The van der Waals surface area contributed by atoms with E-state index in [1.807, 2.05) is 0 Å². The zero-order valence-electron chi connectivity index (χ0n) is 39.8. The molecule has 0 saturated heterocycles. The summed E-state index contributed by atoms with van der Waals surface area (Å²) in [7, 11) is 1.78. The van der Waals surface area contributed by atoms with Crippen molar-refractivity contribution in [1.29, 1.82) is 0 Å². The van der Waals surface area contributed by atoms with Gasteiger partial charge in [0.15, 0.2) is 0 Å². The normalized spacial score (nSPS) is 46.1. The summed E-state index contributed by atoms with van der Waals surface area (Å²) in [6, 6.07) is 0. The third-order valence-corrected chi connectivity index (χ3v) is 21.4. The largest absolute Gasteiger partial charge is 0.488 e. The van der Waals surface area contributed by atoms with E-state index in [4.69, 9.17) is 9.31 Å². The molecule has 8 rings (SSSR count). The maximum absolute atomic E-state index is 10.5. The van der Waals surface area contributed by atoms with E-state index >= 15 is 0 Å². The molecule has 333 valence electrons. The molecule has 0 heterocycles. The molecule has 6 fully saturated rings. The Kier molecular flexibility index (Phi) is 13.3. The predicted octanol–water partition coefficient (Wildman–Crippen LogP) is 13.3. The summed E-state index contributed by atoms with van der Waals surface area (Å²) < 4.78 is 13.1. The molecule has 59 heavy (non-hydrogen) atoms. The van der Waals surface area contributed by atoms with Gasteiger partial charge in [-0.15, -0.1) is 0 Å². The molecule has 0 aliphatic heterocycles. The standard InChI is InChI=1S/C54H90BO4/c1-33(2)49(21-11-35(5)43-17-19-45-41-15-13-37-31-39(56)23-27-51(37,7)47(41)25-29-53(43,45)9)58-55-59-50(34(3)4)22-12-36(6)44-18-20-46-42-16-14-38-32-40(57)24-28-52(38,8)48(42)26-30-54(44,46)10/h13-14,33-36,39-50,56-57H,11-12,15-32H2,1-10H3/t35-,36-,39?,40?,41?,42?,43?,44?,45?,46?,47?,48?,49-,50+,51+,52+,53-,54-/m1/s1. The van der Waals surface area contributed by atoms with E-state index in [0.717, 1.165) is 97.7 Å². The van der Waals surface area contributed by atoms with Crippen LogP contribution in [-0.4, -0.2) is 42.3 Å². The molecule has 5 heteroatoms. The van der Waals surface area contributed by atoms with Crippen LogP contribution >= 0.6 is 0 Å². The second-order valence-electron chi connectivity index (χ2n) is 24.8. The van der Waals surface area contributed by atoms with Crippen LogP contribution in [0.1, 0.15) is 198 Å². The Morgan fingerprint density at radius 2 is 0.949 bits per heavy atom. The molecule has 6 saturated carbocycles. The van der Waals surface area contributed by atoms with Crippen LogP contribution in [0.3, 0.4) is 0 Å². The summed E-state index contributed by atoms with van der Waals surface area (Å²) in [4.78, 5) is 0. The van der Waals surface area contributed by atoms with E-state index in [0.29, 0.717) is 33.5 Å². The first-order valence-electron chi connectivity index (χ1n) is 25.9. The Balaban J connectivity index is 0.808. The van der Waals surface area contributed by atoms with Gasteiger partial charge in [-0.25, -0.2) is 0 Å². The molecule has 0 spiro atoms. The molecule has 0 bridgehead atoms. The van der Waals surface area contributed by atoms with Crippen molar-refractivity contribution in [2.75, 3.05) is 0 Å². The second kappa shape index (κ2) is 17.4. The van der Waals surface area contributed by atoms with Crippen molar-refractivity contribution in [3.05, 3.63) is 23.3 Å². The first kappa shape index (κ1) is 45.0. The monoisotopic (exact) mass is 814 g/mol. The Labute approximate surface area is 364 Å². The highest BCUT2D eigenvalue weighted by Gasteiger charge is 2.61. The quantitative estimate of drug-likeness (QED) is 0.135. The number of rotatable bonds is 14. The Bertz CT molecular complexity index is 1410. The smallest absolute Gasteiger partial charge is 0.410 e. The maximum atomic E-state index is 10.5.